The summed E-state index contributed by atoms with van der Waals surface area (Å²) in [5.74, 6) is 0.890. The Balaban J connectivity index is 1.76. The number of hydrogen-bond donors (Lipinski definition) is 0. The Morgan fingerprint density at radius 3 is 2.77 bits per heavy atom. The summed E-state index contributed by atoms with van der Waals surface area (Å²) in [5.41, 5.74) is 3.06. The third kappa shape index (κ3) is 2.89. The van der Waals surface area contributed by atoms with Crippen LogP contribution in [-0.4, -0.2) is 15.9 Å². The Labute approximate surface area is 154 Å². The van der Waals surface area contributed by atoms with E-state index in [4.69, 9.17) is 9.41 Å². The van der Waals surface area contributed by atoms with Crippen molar-refractivity contribution in [1.82, 2.24) is 10.2 Å². The van der Waals surface area contributed by atoms with Gasteiger partial charge >= 0.3 is 0 Å². The largest absolute Gasteiger partial charge is 0.415 e. The van der Waals surface area contributed by atoms with E-state index in [-0.39, 0.29) is 0 Å². The summed E-state index contributed by atoms with van der Waals surface area (Å²) in [5, 5.41) is 20.5. The molecular weight excluding hydrogens is 344 g/mol. The van der Waals surface area contributed by atoms with Crippen molar-refractivity contribution in [1.29, 1.82) is 5.26 Å². The summed E-state index contributed by atoms with van der Waals surface area (Å²) in [6, 6.07) is 17.5. The molecule has 2 aromatic carbocycles. The van der Waals surface area contributed by atoms with Crippen LogP contribution in [0.1, 0.15) is 24.8 Å². The summed E-state index contributed by atoms with van der Waals surface area (Å²) in [4.78, 5) is 4.75. The van der Waals surface area contributed by atoms with Crippen molar-refractivity contribution in [3.8, 4) is 17.5 Å². The molecule has 126 valence electrons. The van der Waals surface area contributed by atoms with Gasteiger partial charge < -0.3 is 4.42 Å². The highest BCUT2D eigenvalue weighted by molar-refractivity contribution is 7.17. The molecule has 0 unspecified atom stereocenters. The summed E-state index contributed by atoms with van der Waals surface area (Å²) in [6.45, 7) is 2.00. The number of fused-ring (bicyclic) bond motifs is 1. The molecule has 5 nitrogen and oxygen atoms in total. The first-order valence-electron chi connectivity index (χ1n) is 8.17. The molecule has 0 N–H and O–H groups in total. The van der Waals surface area contributed by atoms with Crippen molar-refractivity contribution in [2.75, 3.05) is 0 Å². The molecular formula is C20H14N4OS. The maximum atomic E-state index is 9.25. The predicted octanol–water partition coefficient (Wildman–Crippen LogP) is 5.35. The molecule has 6 heteroatoms. The predicted molar refractivity (Wildman–Crippen MR) is 103 cm³/mol. The lowest BCUT2D eigenvalue weighted by atomic mass is 10.1. The van der Waals surface area contributed by atoms with Crippen molar-refractivity contribution in [3.63, 3.8) is 0 Å². The van der Waals surface area contributed by atoms with Crippen LogP contribution in [0.15, 0.2) is 63.3 Å². The van der Waals surface area contributed by atoms with Crippen LogP contribution in [0.5, 0.6) is 0 Å². The van der Waals surface area contributed by atoms with E-state index < -0.39 is 0 Å². The molecule has 0 amide bonds. The summed E-state index contributed by atoms with van der Waals surface area (Å²) >= 11 is 1.54. The van der Waals surface area contributed by atoms with Gasteiger partial charge in [-0.2, -0.15) is 5.26 Å². The van der Waals surface area contributed by atoms with Gasteiger partial charge in [0.25, 0.3) is 5.89 Å². The summed E-state index contributed by atoms with van der Waals surface area (Å²) in [7, 11) is 0. The second-order valence-corrected chi connectivity index (χ2v) is 6.51. The Kier molecular flexibility index (Phi) is 4.30. The quantitative estimate of drug-likeness (QED) is 0.461. The lowest BCUT2D eigenvalue weighted by Crippen LogP contribution is -1.99. The highest BCUT2D eigenvalue weighted by Crippen LogP contribution is 2.33. The number of thiophene rings is 1. The third-order valence-corrected chi connectivity index (χ3v) is 4.94. The van der Waals surface area contributed by atoms with Crippen LogP contribution in [-0.2, 0) is 0 Å². The molecule has 0 saturated heterocycles. The van der Waals surface area contributed by atoms with Crippen molar-refractivity contribution in [3.05, 3.63) is 65.4 Å². The average Bonchev–Trinajstić information content (AvgIpc) is 3.37. The van der Waals surface area contributed by atoms with E-state index >= 15 is 0 Å². The van der Waals surface area contributed by atoms with Crippen LogP contribution < -0.4 is 0 Å². The smallest absolute Gasteiger partial charge is 0.262 e. The molecule has 4 rings (SSSR count). The molecule has 4 aromatic rings. The zero-order valence-corrected chi connectivity index (χ0v) is 14.8. The fourth-order valence-electron chi connectivity index (χ4n) is 2.69. The topological polar surface area (TPSA) is 75.1 Å². The van der Waals surface area contributed by atoms with Gasteiger partial charge in [0.1, 0.15) is 11.8 Å². The van der Waals surface area contributed by atoms with E-state index in [2.05, 4.69) is 16.3 Å². The van der Waals surface area contributed by atoms with Gasteiger partial charge in [0.05, 0.1) is 16.0 Å². The zero-order valence-electron chi connectivity index (χ0n) is 14.0. The van der Waals surface area contributed by atoms with Crippen molar-refractivity contribution >= 4 is 32.8 Å². The monoisotopic (exact) mass is 358 g/mol. The van der Waals surface area contributed by atoms with Crippen LogP contribution in [0, 0.1) is 11.3 Å². The number of aliphatic imine (C=N–C) groups is 1. The van der Waals surface area contributed by atoms with Crippen LogP contribution in [0.25, 0.3) is 21.5 Å². The highest BCUT2D eigenvalue weighted by atomic mass is 32.1. The Hall–Kier alpha value is -3.30. The second kappa shape index (κ2) is 6.90. The van der Waals surface area contributed by atoms with E-state index in [1.165, 1.54) is 0 Å². The van der Waals surface area contributed by atoms with E-state index in [9.17, 15) is 5.26 Å². The van der Waals surface area contributed by atoms with E-state index in [1.807, 2.05) is 54.8 Å². The van der Waals surface area contributed by atoms with E-state index in [0.717, 1.165) is 27.0 Å². The van der Waals surface area contributed by atoms with E-state index in [0.29, 0.717) is 23.8 Å². The van der Waals surface area contributed by atoms with Crippen molar-refractivity contribution in [2.45, 2.75) is 13.3 Å². The Bertz CT molecular complexity index is 1140. The molecule has 0 aliphatic rings. The molecule has 2 aromatic heterocycles. The van der Waals surface area contributed by atoms with Gasteiger partial charge in [-0.05, 0) is 42.1 Å². The molecule has 0 spiro atoms. The fraction of sp³-hybridized carbons (Fsp3) is 0.100. The lowest BCUT2D eigenvalue weighted by Gasteiger charge is -2.02. The van der Waals surface area contributed by atoms with Gasteiger partial charge in [-0.25, -0.2) is 4.99 Å². The molecule has 0 saturated carbocycles. The zero-order chi connectivity index (χ0) is 17.9. The van der Waals surface area contributed by atoms with Crippen LogP contribution in [0.2, 0.25) is 0 Å². The number of aromatic nitrogens is 2. The van der Waals surface area contributed by atoms with Gasteiger partial charge in [-0.3, -0.25) is 0 Å². The maximum absolute atomic E-state index is 9.25. The summed E-state index contributed by atoms with van der Waals surface area (Å²) in [6.07, 6.45) is 0.655. The SMILES string of the molecule is CCC(=Nc1ccc(C#N)c2sccc12)c1nnc(-c2ccccc2)o1. The van der Waals surface area contributed by atoms with Crippen LogP contribution in [0.4, 0.5) is 5.69 Å². The molecule has 2 heterocycles. The molecule has 26 heavy (non-hydrogen) atoms. The minimum atomic E-state index is 0.416. The van der Waals surface area contributed by atoms with Crippen LogP contribution >= 0.6 is 11.3 Å². The Morgan fingerprint density at radius 1 is 1.15 bits per heavy atom. The van der Waals surface area contributed by atoms with Crippen molar-refractivity contribution in [2.24, 2.45) is 4.99 Å². The first-order chi connectivity index (χ1) is 12.8. The number of benzene rings is 2. The van der Waals surface area contributed by atoms with Crippen LogP contribution in [0.3, 0.4) is 0 Å². The second-order valence-electron chi connectivity index (χ2n) is 5.60. The van der Waals surface area contributed by atoms with Crippen molar-refractivity contribution < 1.29 is 4.42 Å². The normalized spacial score (nSPS) is 11.6. The maximum Gasteiger partial charge on any atom is 0.262 e. The van der Waals surface area contributed by atoms with Gasteiger partial charge in [0, 0.05) is 10.9 Å². The molecule has 0 radical (unpaired) electrons. The first kappa shape index (κ1) is 16.2. The molecule has 0 aliphatic heterocycles. The van der Waals surface area contributed by atoms with Gasteiger partial charge in [0.15, 0.2) is 0 Å². The number of rotatable bonds is 4. The minimum Gasteiger partial charge on any atom is -0.415 e. The number of hydrogen-bond acceptors (Lipinski definition) is 6. The molecule has 0 fully saturated rings. The third-order valence-electron chi connectivity index (χ3n) is 4.00. The molecule has 0 atom stereocenters. The minimum absolute atomic E-state index is 0.416. The fourth-order valence-corrected chi connectivity index (χ4v) is 3.57. The summed E-state index contributed by atoms with van der Waals surface area (Å²) < 4.78 is 6.77. The van der Waals surface area contributed by atoms with Gasteiger partial charge in [-0.1, -0.05) is 25.1 Å². The van der Waals surface area contributed by atoms with Gasteiger partial charge in [0.2, 0.25) is 5.89 Å². The standard InChI is InChI=1S/C20H14N4OS/c1-2-16(20-24-23-19(25-20)13-6-4-3-5-7-13)22-17-9-8-14(12-21)18-15(17)10-11-26-18/h3-11H,2H2,1H3. The molecule has 0 aliphatic carbocycles. The first-order valence-corrected chi connectivity index (χ1v) is 9.05. The number of nitrogens with zero attached hydrogens (tertiary/aromatic N) is 4. The number of nitriles is 1. The Morgan fingerprint density at radius 2 is 2.00 bits per heavy atom. The van der Waals surface area contributed by atoms with Gasteiger partial charge in [-0.15, -0.1) is 21.5 Å². The molecule has 0 bridgehead atoms. The highest BCUT2D eigenvalue weighted by Gasteiger charge is 2.14. The lowest BCUT2D eigenvalue weighted by molar-refractivity contribution is 0.556. The average molecular weight is 358 g/mol. The van der Waals surface area contributed by atoms with E-state index in [1.54, 1.807) is 17.4 Å².